The predicted octanol–water partition coefficient (Wildman–Crippen LogP) is 4.71. The third kappa shape index (κ3) is 3.08. The van der Waals surface area contributed by atoms with Gasteiger partial charge in [0.2, 0.25) is 0 Å². The molecule has 0 saturated carbocycles. The molecule has 0 aliphatic heterocycles. The molecule has 0 spiro atoms. The van der Waals surface area contributed by atoms with Gasteiger partial charge in [-0.25, -0.2) is 0 Å². The van der Waals surface area contributed by atoms with E-state index in [4.69, 9.17) is 23.2 Å². The molecule has 20 heavy (non-hydrogen) atoms. The van der Waals surface area contributed by atoms with Gasteiger partial charge in [0.15, 0.2) is 5.78 Å². The minimum atomic E-state index is -0.0537. The quantitative estimate of drug-likeness (QED) is 0.725. The fourth-order valence-corrected chi connectivity index (χ4v) is 2.94. The lowest BCUT2D eigenvalue weighted by Crippen LogP contribution is -2.10. The fraction of sp³-hybridized carbons (Fsp3) is 0.286. The number of carbonyl (C=O) groups is 1. The number of carbonyl (C=O) groups excluding carboxylic acids is 1. The monoisotopic (exact) mass is 374 g/mol. The molecule has 0 radical (unpaired) electrons. The van der Waals surface area contributed by atoms with Gasteiger partial charge < -0.3 is 0 Å². The highest BCUT2D eigenvalue weighted by atomic mass is 79.9. The summed E-state index contributed by atoms with van der Waals surface area (Å²) >= 11 is 15.4. The van der Waals surface area contributed by atoms with Gasteiger partial charge in [0.05, 0.1) is 27.3 Å². The van der Waals surface area contributed by atoms with Crippen molar-refractivity contribution in [3.63, 3.8) is 0 Å². The van der Waals surface area contributed by atoms with Gasteiger partial charge in [-0.05, 0) is 48.0 Å². The van der Waals surface area contributed by atoms with Crippen molar-refractivity contribution in [1.82, 2.24) is 9.78 Å². The van der Waals surface area contributed by atoms with Gasteiger partial charge in [-0.15, -0.1) is 0 Å². The molecule has 0 N–H and O–H groups in total. The molecule has 6 heteroatoms. The van der Waals surface area contributed by atoms with Crippen LogP contribution in [0, 0.1) is 6.92 Å². The molecule has 0 saturated heterocycles. The highest BCUT2D eigenvalue weighted by Crippen LogP contribution is 2.26. The van der Waals surface area contributed by atoms with E-state index in [2.05, 4.69) is 21.0 Å². The maximum Gasteiger partial charge on any atom is 0.170 e. The number of halogens is 3. The highest BCUT2D eigenvalue weighted by molar-refractivity contribution is 9.10. The highest BCUT2D eigenvalue weighted by Gasteiger charge is 2.18. The smallest absolute Gasteiger partial charge is 0.170 e. The van der Waals surface area contributed by atoms with Gasteiger partial charge >= 0.3 is 0 Å². The summed E-state index contributed by atoms with van der Waals surface area (Å²) in [4.78, 5) is 12.4. The van der Waals surface area contributed by atoms with Crippen molar-refractivity contribution in [2.45, 2.75) is 26.8 Å². The van der Waals surface area contributed by atoms with Crippen LogP contribution in [0.4, 0.5) is 0 Å². The van der Waals surface area contributed by atoms with Crippen LogP contribution in [-0.2, 0) is 13.0 Å². The standard InChI is InChI=1S/C14H13BrCl2N2O/c1-3-19-12(14(15)8(2)18-19)7-13(20)10-5-4-9(16)6-11(10)17/h4-6H,3,7H2,1-2H3. The van der Waals surface area contributed by atoms with E-state index >= 15 is 0 Å². The summed E-state index contributed by atoms with van der Waals surface area (Å²) in [5, 5.41) is 5.26. The van der Waals surface area contributed by atoms with Crippen molar-refractivity contribution in [1.29, 1.82) is 0 Å². The Hall–Kier alpha value is -0.840. The van der Waals surface area contributed by atoms with Crippen molar-refractivity contribution in [3.05, 3.63) is 49.7 Å². The van der Waals surface area contributed by atoms with E-state index in [9.17, 15) is 4.79 Å². The number of rotatable bonds is 4. The second-order valence-electron chi connectivity index (χ2n) is 4.39. The van der Waals surface area contributed by atoms with Crippen molar-refractivity contribution >= 4 is 44.9 Å². The first-order chi connectivity index (χ1) is 9.43. The third-order valence-electron chi connectivity index (χ3n) is 3.01. The second kappa shape index (κ2) is 6.29. The lowest BCUT2D eigenvalue weighted by Gasteiger charge is -2.07. The number of ketones is 1. The summed E-state index contributed by atoms with van der Waals surface area (Å²) in [7, 11) is 0. The zero-order valence-electron chi connectivity index (χ0n) is 11.1. The number of Topliss-reactive ketones (excluding diaryl/α,β-unsaturated/α-hetero) is 1. The van der Waals surface area contributed by atoms with Crippen LogP contribution in [-0.4, -0.2) is 15.6 Å². The Labute approximate surface area is 136 Å². The van der Waals surface area contributed by atoms with Crippen LogP contribution in [0.2, 0.25) is 10.0 Å². The normalized spacial score (nSPS) is 10.8. The second-order valence-corrected chi connectivity index (χ2v) is 6.02. The lowest BCUT2D eigenvalue weighted by atomic mass is 10.1. The maximum atomic E-state index is 12.4. The number of hydrogen-bond acceptors (Lipinski definition) is 2. The van der Waals surface area contributed by atoms with E-state index in [1.165, 1.54) is 0 Å². The van der Waals surface area contributed by atoms with Gasteiger partial charge in [0, 0.05) is 17.1 Å². The largest absolute Gasteiger partial charge is 0.294 e. The van der Waals surface area contributed by atoms with Crippen LogP contribution in [0.15, 0.2) is 22.7 Å². The summed E-state index contributed by atoms with van der Waals surface area (Å²) < 4.78 is 2.69. The molecule has 106 valence electrons. The molecule has 0 bridgehead atoms. The first-order valence-corrected chi connectivity index (χ1v) is 7.69. The zero-order valence-corrected chi connectivity index (χ0v) is 14.2. The summed E-state index contributed by atoms with van der Waals surface area (Å²) in [6.45, 7) is 4.60. The molecule has 0 aliphatic rings. The van der Waals surface area contributed by atoms with Crippen LogP contribution in [0.3, 0.4) is 0 Å². The molecule has 0 atom stereocenters. The Morgan fingerprint density at radius 1 is 1.40 bits per heavy atom. The molecule has 2 aromatic rings. The van der Waals surface area contributed by atoms with Crippen LogP contribution < -0.4 is 0 Å². The maximum absolute atomic E-state index is 12.4. The van der Waals surface area contributed by atoms with Crippen molar-refractivity contribution < 1.29 is 4.79 Å². The van der Waals surface area contributed by atoms with Gasteiger partial charge in [-0.3, -0.25) is 9.48 Å². The minimum absolute atomic E-state index is 0.0537. The third-order valence-corrected chi connectivity index (χ3v) is 4.59. The number of aromatic nitrogens is 2. The van der Waals surface area contributed by atoms with E-state index < -0.39 is 0 Å². The average molecular weight is 376 g/mol. The SMILES string of the molecule is CCn1nc(C)c(Br)c1CC(=O)c1ccc(Cl)cc1Cl. The Balaban J connectivity index is 2.32. The summed E-state index contributed by atoms with van der Waals surface area (Å²) in [6, 6.07) is 4.90. The number of nitrogens with zero attached hydrogens (tertiary/aromatic N) is 2. The topological polar surface area (TPSA) is 34.9 Å². The minimum Gasteiger partial charge on any atom is -0.294 e. The first kappa shape index (κ1) is 15.5. The van der Waals surface area contributed by atoms with Crippen LogP contribution in [0.5, 0.6) is 0 Å². The van der Waals surface area contributed by atoms with Gasteiger partial charge in [0.1, 0.15) is 0 Å². The van der Waals surface area contributed by atoms with E-state index in [1.54, 1.807) is 18.2 Å². The molecule has 1 aromatic heterocycles. The van der Waals surface area contributed by atoms with E-state index in [-0.39, 0.29) is 12.2 Å². The molecule has 0 unspecified atom stereocenters. The summed E-state index contributed by atoms with van der Waals surface area (Å²) in [5.41, 5.74) is 2.21. The summed E-state index contributed by atoms with van der Waals surface area (Å²) in [5.74, 6) is -0.0537. The van der Waals surface area contributed by atoms with E-state index in [0.29, 0.717) is 22.2 Å². The zero-order chi connectivity index (χ0) is 14.9. The number of hydrogen-bond donors (Lipinski definition) is 0. The Morgan fingerprint density at radius 3 is 2.70 bits per heavy atom. The van der Waals surface area contributed by atoms with Gasteiger partial charge in [0.25, 0.3) is 0 Å². The molecule has 0 amide bonds. The Morgan fingerprint density at radius 2 is 2.10 bits per heavy atom. The first-order valence-electron chi connectivity index (χ1n) is 6.14. The van der Waals surface area contributed by atoms with Gasteiger partial charge in [-0.2, -0.15) is 5.10 Å². The molecule has 1 aromatic carbocycles. The number of aryl methyl sites for hydroxylation is 2. The van der Waals surface area contributed by atoms with Gasteiger partial charge in [-0.1, -0.05) is 23.2 Å². The molecule has 0 aliphatic carbocycles. The molecular weight excluding hydrogens is 363 g/mol. The predicted molar refractivity (Wildman–Crippen MR) is 84.8 cm³/mol. The van der Waals surface area contributed by atoms with E-state index in [0.717, 1.165) is 15.9 Å². The fourth-order valence-electron chi connectivity index (χ4n) is 2.00. The van der Waals surface area contributed by atoms with Crippen molar-refractivity contribution in [3.8, 4) is 0 Å². The van der Waals surface area contributed by atoms with Crippen LogP contribution in [0.1, 0.15) is 28.7 Å². The Bertz CT molecular complexity index is 667. The van der Waals surface area contributed by atoms with Crippen LogP contribution >= 0.6 is 39.1 Å². The molecule has 0 fully saturated rings. The Kier molecular flexibility index (Phi) is 4.89. The average Bonchev–Trinajstić information content (AvgIpc) is 2.66. The molecule has 3 nitrogen and oxygen atoms in total. The van der Waals surface area contributed by atoms with Crippen molar-refractivity contribution in [2.75, 3.05) is 0 Å². The number of benzene rings is 1. The van der Waals surface area contributed by atoms with Crippen molar-refractivity contribution in [2.24, 2.45) is 0 Å². The van der Waals surface area contributed by atoms with Crippen LogP contribution in [0.25, 0.3) is 0 Å². The van der Waals surface area contributed by atoms with E-state index in [1.807, 2.05) is 18.5 Å². The molecule has 1 heterocycles. The lowest BCUT2D eigenvalue weighted by molar-refractivity contribution is 0.0990. The molecular formula is C14H13BrCl2N2O. The summed E-state index contributed by atoms with van der Waals surface area (Å²) in [6.07, 6.45) is 0.247. The molecule has 2 rings (SSSR count).